The van der Waals surface area contributed by atoms with Gasteiger partial charge in [0.25, 0.3) is 0 Å². The third kappa shape index (κ3) is 9.65. The van der Waals surface area contributed by atoms with Gasteiger partial charge in [-0.25, -0.2) is 0 Å². The second-order valence-corrected chi connectivity index (χ2v) is 24.9. The van der Waals surface area contributed by atoms with Gasteiger partial charge in [-0.05, 0) is 126 Å². The van der Waals surface area contributed by atoms with E-state index in [9.17, 15) is 0 Å². The third-order valence-corrected chi connectivity index (χ3v) is 18.0. The molecule has 0 N–H and O–H groups in total. The fourth-order valence-electron chi connectivity index (χ4n) is 10.3. The SMILES string of the molecule is Cc1cc(C)c(N2CCN(c3c(C)cc(C)cc3C)C2=C2CCCCC2P(C2CCCCC2)C2CCCCC2)c(C)c1.[Cl][Ru]([Cl])=[CH]c1ccccc1. The van der Waals surface area contributed by atoms with Gasteiger partial charge in [0.15, 0.2) is 0 Å². The Morgan fingerprint density at radius 1 is 0.596 bits per heavy atom. The van der Waals surface area contributed by atoms with Crippen molar-refractivity contribution < 1.29 is 13.5 Å². The normalized spacial score (nSPS) is 20.6. The van der Waals surface area contributed by atoms with Crippen LogP contribution in [0.15, 0.2) is 66.0 Å². The molecule has 284 valence electrons. The number of anilines is 2. The molecular formula is C46H63Cl2N2PRu. The summed E-state index contributed by atoms with van der Waals surface area (Å²) >= 11 is -1.61. The predicted octanol–water partition coefficient (Wildman–Crippen LogP) is 13.9. The fraction of sp³-hybridized carbons (Fsp3) is 0.543. The minimum atomic E-state index is -1.61. The van der Waals surface area contributed by atoms with E-state index in [0.717, 1.165) is 35.6 Å². The minimum absolute atomic E-state index is 0.00137. The third-order valence-electron chi connectivity index (χ3n) is 12.1. The Morgan fingerprint density at radius 2 is 1.04 bits per heavy atom. The van der Waals surface area contributed by atoms with Gasteiger partial charge in [0.1, 0.15) is 5.82 Å². The van der Waals surface area contributed by atoms with Crippen molar-refractivity contribution in [2.75, 3.05) is 22.9 Å². The van der Waals surface area contributed by atoms with Crippen molar-refractivity contribution in [3.05, 3.63) is 105 Å². The van der Waals surface area contributed by atoms with E-state index in [2.05, 4.69) is 75.6 Å². The molecule has 0 bridgehead atoms. The molecule has 52 heavy (non-hydrogen) atoms. The molecule has 3 aromatic carbocycles. The van der Waals surface area contributed by atoms with Crippen molar-refractivity contribution in [2.24, 2.45) is 0 Å². The molecule has 4 fully saturated rings. The number of rotatable bonds is 6. The summed E-state index contributed by atoms with van der Waals surface area (Å²) in [6.07, 6.45) is 20.5. The summed E-state index contributed by atoms with van der Waals surface area (Å²) in [6, 6.07) is 19.6. The molecule has 0 spiro atoms. The number of nitrogens with zero attached hydrogens (tertiary/aromatic N) is 2. The Morgan fingerprint density at radius 3 is 1.48 bits per heavy atom. The summed E-state index contributed by atoms with van der Waals surface area (Å²) in [7, 11) is 11.3. The Bertz CT molecular complexity index is 1590. The monoisotopic (exact) mass is 846 g/mol. The molecule has 6 heteroatoms. The van der Waals surface area contributed by atoms with Crippen LogP contribution >= 0.6 is 27.3 Å². The van der Waals surface area contributed by atoms with Crippen LogP contribution in [0.1, 0.15) is 129 Å². The molecule has 1 unspecified atom stereocenters. The van der Waals surface area contributed by atoms with Crippen LogP contribution in [-0.4, -0.2) is 34.7 Å². The number of benzene rings is 3. The molecule has 1 atom stereocenters. The predicted molar refractivity (Wildman–Crippen MR) is 229 cm³/mol. The zero-order chi connectivity index (χ0) is 36.8. The first kappa shape index (κ1) is 40.2. The summed E-state index contributed by atoms with van der Waals surface area (Å²) in [6.45, 7) is 16.1. The average Bonchev–Trinajstić information content (AvgIpc) is 3.52. The first-order valence-corrected chi connectivity index (χ1v) is 27.2. The van der Waals surface area contributed by atoms with Gasteiger partial charge in [-0.1, -0.05) is 88.3 Å². The first-order chi connectivity index (χ1) is 25.1. The molecular weight excluding hydrogens is 783 g/mol. The average molecular weight is 847 g/mol. The molecule has 3 saturated carbocycles. The quantitative estimate of drug-likeness (QED) is 0.180. The van der Waals surface area contributed by atoms with E-state index in [0.29, 0.717) is 0 Å². The number of hydrogen-bond acceptors (Lipinski definition) is 2. The number of hydrogen-bond donors (Lipinski definition) is 0. The van der Waals surface area contributed by atoms with Gasteiger partial charge in [0, 0.05) is 30.1 Å². The van der Waals surface area contributed by atoms with Gasteiger partial charge in [-0.3, -0.25) is 0 Å². The summed E-state index contributed by atoms with van der Waals surface area (Å²) < 4.78 is 1.92. The second kappa shape index (κ2) is 18.9. The zero-order valence-corrected chi connectivity index (χ0v) is 36.9. The van der Waals surface area contributed by atoms with Gasteiger partial charge >= 0.3 is 73.4 Å². The van der Waals surface area contributed by atoms with Crippen molar-refractivity contribution in [3.63, 3.8) is 0 Å². The van der Waals surface area contributed by atoms with Crippen molar-refractivity contribution in [3.8, 4) is 0 Å². The van der Waals surface area contributed by atoms with E-state index in [1.165, 1.54) is 135 Å². The maximum absolute atomic E-state index is 5.67. The van der Waals surface area contributed by atoms with Crippen LogP contribution in [0.2, 0.25) is 0 Å². The first-order valence-electron chi connectivity index (χ1n) is 20.2. The van der Waals surface area contributed by atoms with Crippen LogP contribution < -0.4 is 9.80 Å². The molecule has 1 saturated heterocycles. The fourth-order valence-corrected chi connectivity index (χ4v) is 16.7. The van der Waals surface area contributed by atoms with Crippen LogP contribution in [0.25, 0.3) is 0 Å². The summed E-state index contributed by atoms with van der Waals surface area (Å²) in [4.78, 5) is 5.62. The Hall–Kier alpha value is -1.50. The number of aryl methyl sites for hydroxylation is 6. The van der Waals surface area contributed by atoms with E-state index in [1.807, 2.05) is 40.5 Å². The molecule has 3 aliphatic carbocycles. The van der Waals surface area contributed by atoms with Crippen LogP contribution in [-0.2, 0) is 13.5 Å². The van der Waals surface area contributed by atoms with Gasteiger partial charge in [-0.15, -0.1) is 0 Å². The second-order valence-electron chi connectivity index (χ2n) is 16.2. The van der Waals surface area contributed by atoms with Gasteiger partial charge < -0.3 is 9.80 Å². The zero-order valence-electron chi connectivity index (χ0n) is 32.8. The molecule has 0 aromatic heterocycles. The van der Waals surface area contributed by atoms with E-state index >= 15 is 0 Å². The number of allylic oxidation sites excluding steroid dienone is 1. The summed E-state index contributed by atoms with van der Waals surface area (Å²) in [5, 5.41) is 0. The van der Waals surface area contributed by atoms with Gasteiger partial charge in [0.05, 0.1) is 0 Å². The van der Waals surface area contributed by atoms with Gasteiger partial charge in [-0.2, -0.15) is 0 Å². The van der Waals surface area contributed by atoms with E-state index in [4.69, 9.17) is 19.4 Å². The van der Waals surface area contributed by atoms with Gasteiger partial charge in [0.2, 0.25) is 0 Å². The number of halogens is 2. The molecule has 1 heterocycles. The maximum atomic E-state index is 5.67. The summed E-state index contributed by atoms with van der Waals surface area (Å²) in [5.41, 5.74) is 17.3. The van der Waals surface area contributed by atoms with Crippen molar-refractivity contribution >= 4 is 43.3 Å². The van der Waals surface area contributed by atoms with E-state index in [-0.39, 0.29) is 7.92 Å². The Balaban J connectivity index is 0.000000402. The molecule has 7 rings (SSSR count). The standard InChI is InChI=1S/C39H57N2P.C7H6.2ClH.Ru/c1-27-23-29(3)37(30(4)24-27)40-21-22-41(38-31(5)25-28(2)26-32(38)6)39(40)35-19-13-14-20-36(35)42(33-15-9-7-10-16-33)34-17-11-8-12-18-34;1-7-5-3-2-4-6-7;;;/h23-26,33-34,36H,7-22H2,1-6H3;1-6H;2*1H;/q;;;;+2/p-2. The molecule has 1 aliphatic heterocycles. The van der Waals surface area contributed by atoms with Crippen LogP contribution in [0.3, 0.4) is 0 Å². The van der Waals surface area contributed by atoms with E-state index in [1.54, 1.807) is 5.82 Å². The summed E-state index contributed by atoms with van der Waals surface area (Å²) in [5.74, 6) is 1.60. The van der Waals surface area contributed by atoms with Crippen LogP contribution in [0, 0.1) is 41.5 Å². The molecule has 0 amide bonds. The molecule has 0 radical (unpaired) electrons. The molecule has 3 aromatic rings. The Kier molecular flexibility index (Phi) is 14.6. The van der Waals surface area contributed by atoms with Crippen LogP contribution in [0.4, 0.5) is 11.4 Å². The van der Waals surface area contributed by atoms with Crippen molar-refractivity contribution in [1.29, 1.82) is 0 Å². The topological polar surface area (TPSA) is 6.48 Å². The van der Waals surface area contributed by atoms with Crippen molar-refractivity contribution in [2.45, 2.75) is 148 Å². The molecule has 4 aliphatic rings. The van der Waals surface area contributed by atoms with Crippen molar-refractivity contribution in [1.82, 2.24) is 0 Å². The molecule has 2 nitrogen and oxygen atoms in total. The Labute approximate surface area is 331 Å². The van der Waals surface area contributed by atoms with Crippen LogP contribution in [0.5, 0.6) is 0 Å². The van der Waals surface area contributed by atoms with E-state index < -0.39 is 13.5 Å².